The summed E-state index contributed by atoms with van der Waals surface area (Å²) in [6.07, 6.45) is 2.55. The number of carbonyl (C=O) groups excluding carboxylic acids is 1. The van der Waals surface area contributed by atoms with E-state index < -0.39 is 11.4 Å². The highest BCUT2D eigenvalue weighted by molar-refractivity contribution is 5.79. The largest absolute Gasteiger partial charge is 0.481 e. The van der Waals surface area contributed by atoms with Gasteiger partial charge in [-0.15, -0.1) is 5.10 Å². The average molecular weight is 334 g/mol. The zero-order valence-corrected chi connectivity index (χ0v) is 13.9. The van der Waals surface area contributed by atoms with E-state index in [0.717, 1.165) is 0 Å². The fourth-order valence-electron chi connectivity index (χ4n) is 2.56. The minimum absolute atomic E-state index is 0.0624. The molecule has 2 N–H and O–H groups in total. The summed E-state index contributed by atoms with van der Waals surface area (Å²) in [4.78, 5) is 35.5. The van der Waals surface area contributed by atoms with Gasteiger partial charge in [0.2, 0.25) is 5.91 Å². The molecule has 130 valence electrons. The summed E-state index contributed by atoms with van der Waals surface area (Å²) < 4.78 is 2.64. The Balaban J connectivity index is 1.96. The molecule has 0 saturated carbocycles. The summed E-state index contributed by atoms with van der Waals surface area (Å²) in [5.41, 5.74) is -0.736. The Labute approximate surface area is 139 Å². The van der Waals surface area contributed by atoms with Gasteiger partial charge in [-0.1, -0.05) is 19.9 Å². The van der Waals surface area contributed by atoms with Crippen LogP contribution < -0.4 is 11.0 Å². The number of nitrogens with zero attached hydrogens (tertiary/aromatic N) is 3. The van der Waals surface area contributed by atoms with E-state index >= 15 is 0 Å². The number of hydrogen-bond donors (Lipinski definition) is 2. The Hall–Kier alpha value is -2.64. The van der Waals surface area contributed by atoms with E-state index in [1.807, 2.05) is 0 Å². The van der Waals surface area contributed by atoms with E-state index in [1.165, 1.54) is 9.08 Å². The number of aryl methyl sites for hydroxylation is 1. The van der Waals surface area contributed by atoms with Crippen molar-refractivity contribution in [2.75, 3.05) is 6.54 Å². The minimum atomic E-state index is -0.949. The molecule has 0 aromatic carbocycles. The van der Waals surface area contributed by atoms with Crippen LogP contribution in [0.3, 0.4) is 0 Å². The van der Waals surface area contributed by atoms with Crippen LogP contribution in [0.15, 0.2) is 29.2 Å². The second kappa shape index (κ2) is 7.29. The van der Waals surface area contributed by atoms with Crippen molar-refractivity contribution in [2.24, 2.45) is 5.41 Å². The minimum Gasteiger partial charge on any atom is -0.481 e. The lowest BCUT2D eigenvalue weighted by Gasteiger charge is -2.26. The third kappa shape index (κ3) is 3.47. The molecule has 8 nitrogen and oxygen atoms in total. The summed E-state index contributed by atoms with van der Waals surface area (Å²) in [7, 11) is 0. The molecule has 2 aromatic heterocycles. The molecular weight excluding hydrogens is 312 g/mol. The molecule has 24 heavy (non-hydrogen) atoms. The van der Waals surface area contributed by atoms with E-state index in [-0.39, 0.29) is 31.1 Å². The van der Waals surface area contributed by atoms with E-state index in [1.54, 1.807) is 38.2 Å². The van der Waals surface area contributed by atoms with Crippen LogP contribution in [0.4, 0.5) is 0 Å². The first-order valence-corrected chi connectivity index (χ1v) is 7.98. The molecule has 8 heteroatoms. The summed E-state index contributed by atoms with van der Waals surface area (Å²) in [6, 6.07) is 5.22. The number of carbonyl (C=O) groups is 2. The van der Waals surface area contributed by atoms with Gasteiger partial charge >= 0.3 is 11.7 Å². The molecule has 0 radical (unpaired) electrons. The molecule has 0 unspecified atom stereocenters. The summed E-state index contributed by atoms with van der Waals surface area (Å²) in [6.45, 7) is 3.80. The predicted molar refractivity (Wildman–Crippen MR) is 87.7 cm³/mol. The Morgan fingerprint density at radius 2 is 2.00 bits per heavy atom. The molecule has 0 aliphatic carbocycles. The molecule has 1 amide bonds. The molecule has 0 spiro atoms. The first-order valence-electron chi connectivity index (χ1n) is 7.98. The highest BCUT2D eigenvalue weighted by Crippen LogP contribution is 2.25. The number of fused-ring (bicyclic) bond motifs is 1. The van der Waals surface area contributed by atoms with Crippen LogP contribution in [-0.4, -0.2) is 37.7 Å². The van der Waals surface area contributed by atoms with Gasteiger partial charge in [-0.25, -0.2) is 9.48 Å². The Morgan fingerprint density at radius 1 is 1.29 bits per heavy atom. The van der Waals surface area contributed by atoms with Gasteiger partial charge in [0.1, 0.15) is 0 Å². The van der Waals surface area contributed by atoms with Crippen molar-refractivity contribution in [1.82, 2.24) is 19.5 Å². The Bertz CT molecular complexity index is 789. The van der Waals surface area contributed by atoms with Gasteiger partial charge < -0.3 is 10.4 Å². The Morgan fingerprint density at radius 3 is 2.58 bits per heavy atom. The van der Waals surface area contributed by atoms with Crippen LogP contribution in [0.25, 0.3) is 5.65 Å². The van der Waals surface area contributed by atoms with Crippen LogP contribution >= 0.6 is 0 Å². The average Bonchev–Trinajstić information content (AvgIpc) is 2.90. The maximum absolute atomic E-state index is 12.1. The maximum atomic E-state index is 12.1. The zero-order chi connectivity index (χ0) is 17.7. The van der Waals surface area contributed by atoms with Crippen molar-refractivity contribution in [3.63, 3.8) is 0 Å². The first-order chi connectivity index (χ1) is 11.4. The standard InChI is InChI=1S/C16H22N4O4/c1-3-16(4-2,14(22)23)11-17-13(21)8-10-20-15(24)19-9-6-5-7-12(19)18-20/h5-7,9H,3-4,8,10-11H2,1-2H3,(H,17,21)(H,22,23). The highest BCUT2D eigenvalue weighted by atomic mass is 16.4. The normalized spacial score (nSPS) is 11.6. The van der Waals surface area contributed by atoms with E-state index in [4.69, 9.17) is 0 Å². The van der Waals surface area contributed by atoms with Crippen molar-refractivity contribution in [1.29, 1.82) is 0 Å². The number of aliphatic carboxylic acids is 1. The lowest BCUT2D eigenvalue weighted by atomic mass is 9.82. The van der Waals surface area contributed by atoms with Crippen LogP contribution in [0, 0.1) is 5.41 Å². The maximum Gasteiger partial charge on any atom is 0.350 e. The van der Waals surface area contributed by atoms with Crippen molar-refractivity contribution in [2.45, 2.75) is 39.7 Å². The molecule has 0 aliphatic heterocycles. The molecule has 0 aliphatic rings. The fraction of sp³-hybridized carbons (Fsp3) is 0.500. The molecule has 2 aromatic rings. The van der Waals surface area contributed by atoms with Gasteiger partial charge in [0.25, 0.3) is 0 Å². The van der Waals surface area contributed by atoms with Crippen LogP contribution in [0.1, 0.15) is 33.1 Å². The van der Waals surface area contributed by atoms with Gasteiger partial charge in [-0.2, -0.15) is 0 Å². The smallest absolute Gasteiger partial charge is 0.350 e. The second-order valence-electron chi connectivity index (χ2n) is 5.75. The van der Waals surface area contributed by atoms with Crippen LogP contribution in [-0.2, 0) is 16.1 Å². The molecule has 2 heterocycles. The molecular formula is C16H22N4O4. The zero-order valence-electron chi connectivity index (χ0n) is 13.9. The third-order valence-corrected chi connectivity index (χ3v) is 4.47. The summed E-state index contributed by atoms with van der Waals surface area (Å²) in [5, 5.41) is 16.2. The van der Waals surface area contributed by atoms with Gasteiger partial charge in [-0.3, -0.25) is 14.0 Å². The number of pyridine rings is 1. The Kier molecular flexibility index (Phi) is 5.38. The van der Waals surface area contributed by atoms with Crippen molar-refractivity contribution in [3.05, 3.63) is 34.9 Å². The highest BCUT2D eigenvalue weighted by Gasteiger charge is 2.35. The number of nitrogens with one attached hydrogen (secondary N) is 1. The fourth-order valence-corrected chi connectivity index (χ4v) is 2.56. The summed E-state index contributed by atoms with van der Waals surface area (Å²) >= 11 is 0. The topological polar surface area (TPSA) is 106 Å². The van der Waals surface area contributed by atoms with E-state index in [0.29, 0.717) is 18.5 Å². The quantitative estimate of drug-likeness (QED) is 0.746. The van der Waals surface area contributed by atoms with Crippen LogP contribution in [0.2, 0.25) is 0 Å². The SMILES string of the molecule is CCC(CC)(CNC(=O)CCn1nc2ccccn2c1=O)C(=O)O. The number of aromatic nitrogens is 3. The predicted octanol–water partition coefficient (Wildman–Crippen LogP) is 0.893. The lowest BCUT2D eigenvalue weighted by Crippen LogP contribution is -2.42. The van der Waals surface area contributed by atoms with Gasteiger partial charge in [0.15, 0.2) is 5.65 Å². The third-order valence-electron chi connectivity index (χ3n) is 4.47. The van der Waals surface area contributed by atoms with Gasteiger partial charge in [0.05, 0.1) is 12.0 Å². The van der Waals surface area contributed by atoms with E-state index in [2.05, 4.69) is 10.4 Å². The first kappa shape index (κ1) is 17.7. The molecule has 0 bridgehead atoms. The van der Waals surface area contributed by atoms with Crippen LogP contribution in [0.5, 0.6) is 0 Å². The lowest BCUT2D eigenvalue weighted by molar-refractivity contribution is -0.149. The molecule has 0 fully saturated rings. The second-order valence-corrected chi connectivity index (χ2v) is 5.75. The monoisotopic (exact) mass is 334 g/mol. The number of amides is 1. The van der Waals surface area contributed by atoms with Crippen molar-refractivity contribution in [3.8, 4) is 0 Å². The molecule has 0 atom stereocenters. The van der Waals surface area contributed by atoms with E-state index in [9.17, 15) is 19.5 Å². The number of rotatable bonds is 8. The molecule has 2 rings (SSSR count). The number of carboxylic acids is 1. The molecule has 0 saturated heterocycles. The van der Waals surface area contributed by atoms with Crippen molar-refractivity contribution < 1.29 is 14.7 Å². The number of carboxylic acid groups (broad SMARTS) is 1. The summed E-state index contributed by atoms with van der Waals surface area (Å²) in [5.74, 6) is -1.21. The van der Waals surface area contributed by atoms with Crippen molar-refractivity contribution >= 4 is 17.5 Å². The van der Waals surface area contributed by atoms with Gasteiger partial charge in [0, 0.05) is 19.2 Å². The van der Waals surface area contributed by atoms with Gasteiger partial charge in [-0.05, 0) is 25.0 Å². The number of hydrogen-bond acceptors (Lipinski definition) is 4.